The zero-order valence-corrected chi connectivity index (χ0v) is 19.1. The number of ether oxygens (including phenoxy) is 3. The van der Waals surface area contributed by atoms with E-state index in [1.165, 1.54) is 0 Å². The summed E-state index contributed by atoms with van der Waals surface area (Å²) in [5.41, 5.74) is 2.61. The maximum Gasteiger partial charge on any atom is 0.407 e. The van der Waals surface area contributed by atoms with Gasteiger partial charge in [0.1, 0.15) is 24.7 Å². The molecular weight excluding hydrogens is 448 g/mol. The first kappa shape index (κ1) is 23.9. The Bertz CT molecular complexity index is 1100. The number of hydrogen-bond acceptors (Lipinski definition) is 6. The first-order valence-electron chi connectivity index (χ1n) is 10.2. The highest BCUT2D eigenvalue weighted by atomic mass is 35.5. The van der Waals surface area contributed by atoms with Crippen molar-refractivity contribution >= 4 is 29.3 Å². The predicted molar refractivity (Wildman–Crippen MR) is 125 cm³/mol. The summed E-state index contributed by atoms with van der Waals surface area (Å²) in [6.07, 6.45) is 1.12. The van der Waals surface area contributed by atoms with Crippen LogP contribution in [0.15, 0.2) is 54.7 Å². The van der Waals surface area contributed by atoms with Crippen LogP contribution < -0.4 is 20.1 Å². The number of alkyl halides is 1. The second-order valence-electron chi connectivity index (χ2n) is 6.84. The second kappa shape index (κ2) is 11.8. The van der Waals surface area contributed by atoms with Crippen LogP contribution in [0.2, 0.25) is 0 Å². The largest absolute Gasteiger partial charge is 0.497 e. The number of hydrogen-bond donors (Lipinski definition) is 2. The quantitative estimate of drug-likeness (QED) is 0.344. The third-order valence-electron chi connectivity index (χ3n) is 4.61. The van der Waals surface area contributed by atoms with Crippen molar-refractivity contribution in [2.75, 3.05) is 38.1 Å². The van der Waals surface area contributed by atoms with Gasteiger partial charge in [-0.05, 0) is 42.5 Å². The molecule has 0 radical (unpaired) electrons. The third kappa shape index (κ3) is 6.63. The molecule has 9 nitrogen and oxygen atoms in total. The van der Waals surface area contributed by atoms with Gasteiger partial charge in [-0.1, -0.05) is 6.07 Å². The van der Waals surface area contributed by atoms with Gasteiger partial charge in [0.05, 0.1) is 25.2 Å². The average molecular weight is 473 g/mol. The number of aromatic nitrogens is 2. The van der Waals surface area contributed by atoms with Crippen LogP contribution in [0.5, 0.6) is 11.5 Å². The van der Waals surface area contributed by atoms with Crippen molar-refractivity contribution in [3.63, 3.8) is 0 Å². The number of aryl methyl sites for hydroxylation is 1. The van der Waals surface area contributed by atoms with Crippen LogP contribution in [-0.4, -0.2) is 54.5 Å². The molecule has 0 atom stereocenters. The molecule has 0 unspecified atom stereocenters. The SMILES string of the molecule is COc1cccc(C(=O)Nc2ccc(OCCNC(=O)OCCCl)c(-c3ccnn3C)c2)c1. The number of amides is 2. The standard InChI is InChI=1S/C23H25ClN4O5/c1-28-20(8-10-26-28)19-15-17(27-22(29)16-4-3-5-18(14-16)31-2)6-7-21(19)32-13-11-25-23(30)33-12-9-24/h3-8,10,14-15H,9,11-13H2,1-2H3,(H,25,30)(H,27,29). The molecule has 174 valence electrons. The Kier molecular flexibility index (Phi) is 8.54. The normalized spacial score (nSPS) is 10.4. The molecule has 2 N–H and O–H groups in total. The average Bonchev–Trinajstić information content (AvgIpc) is 3.26. The molecule has 33 heavy (non-hydrogen) atoms. The molecule has 0 bridgehead atoms. The van der Waals surface area contributed by atoms with E-state index >= 15 is 0 Å². The summed E-state index contributed by atoms with van der Waals surface area (Å²) in [7, 11) is 3.36. The first-order valence-corrected chi connectivity index (χ1v) is 10.7. The van der Waals surface area contributed by atoms with Gasteiger partial charge in [0.15, 0.2) is 0 Å². The van der Waals surface area contributed by atoms with E-state index in [0.29, 0.717) is 22.7 Å². The Balaban J connectivity index is 1.73. The highest BCUT2D eigenvalue weighted by Gasteiger charge is 2.14. The van der Waals surface area contributed by atoms with Crippen LogP contribution in [-0.2, 0) is 11.8 Å². The molecule has 0 aliphatic heterocycles. The highest BCUT2D eigenvalue weighted by Crippen LogP contribution is 2.32. The zero-order chi connectivity index (χ0) is 23.6. The number of nitrogens with one attached hydrogen (secondary N) is 2. The first-order chi connectivity index (χ1) is 16.0. The number of rotatable bonds is 10. The second-order valence-corrected chi connectivity index (χ2v) is 7.22. The number of carbonyl (C=O) groups is 2. The van der Waals surface area contributed by atoms with Gasteiger partial charge in [0.2, 0.25) is 0 Å². The molecule has 3 rings (SSSR count). The van der Waals surface area contributed by atoms with Gasteiger partial charge in [-0.2, -0.15) is 5.10 Å². The molecule has 1 heterocycles. The topological polar surface area (TPSA) is 104 Å². The number of anilines is 1. The lowest BCUT2D eigenvalue weighted by molar-refractivity contribution is 0.102. The fourth-order valence-corrected chi connectivity index (χ4v) is 3.11. The van der Waals surface area contributed by atoms with Gasteiger partial charge >= 0.3 is 6.09 Å². The lowest BCUT2D eigenvalue weighted by Crippen LogP contribution is -2.29. The molecule has 10 heteroatoms. The van der Waals surface area contributed by atoms with E-state index < -0.39 is 6.09 Å². The van der Waals surface area contributed by atoms with Crippen LogP contribution in [0.25, 0.3) is 11.3 Å². The number of methoxy groups -OCH3 is 1. The van der Waals surface area contributed by atoms with Gasteiger partial charge in [0.25, 0.3) is 5.91 Å². The molecular formula is C23H25ClN4O5. The van der Waals surface area contributed by atoms with Gasteiger partial charge in [-0.25, -0.2) is 4.79 Å². The van der Waals surface area contributed by atoms with E-state index in [0.717, 1.165) is 11.3 Å². The minimum Gasteiger partial charge on any atom is -0.497 e. The van der Waals surface area contributed by atoms with Crippen LogP contribution in [0.3, 0.4) is 0 Å². The molecule has 2 aromatic carbocycles. The fourth-order valence-electron chi connectivity index (χ4n) is 3.04. The maximum absolute atomic E-state index is 12.7. The maximum atomic E-state index is 12.7. The van der Waals surface area contributed by atoms with E-state index in [9.17, 15) is 9.59 Å². The van der Waals surface area contributed by atoms with Crippen molar-refractivity contribution in [1.82, 2.24) is 15.1 Å². The van der Waals surface area contributed by atoms with E-state index in [4.69, 9.17) is 25.8 Å². The Morgan fingerprint density at radius 1 is 1.12 bits per heavy atom. The summed E-state index contributed by atoms with van der Waals surface area (Å²) in [6, 6.07) is 14.1. The Hall–Kier alpha value is -3.72. The lowest BCUT2D eigenvalue weighted by Gasteiger charge is -2.15. The summed E-state index contributed by atoms with van der Waals surface area (Å²) >= 11 is 5.49. The number of carbonyl (C=O) groups excluding carboxylic acids is 2. The van der Waals surface area contributed by atoms with Crippen molar-refractivity contribution in [1.29, 1.82) is 0 Å². The number of nitrogens with zero attached hydrogens (tertiary/aromatic N) is 2. The molecule has 0 aliphatic carbocycles. The third-order valence-corrected chi connectivity index (χ3v) is 4.76. The van der Waals surface area contributed by atoms with E-state index in [-0.39, 0.29) is 31.5 Å². The van der Waals surface area contributed by atoms with Crippen molar-refractivity contribution < 1.29 is 23.8 Å². The van der Waals surface area contributed by atoms with Crippen molar-refractivity contribution in [3.8, 4) is 22.8 Å². The Morgan fingerprint density at radius 2 is 1.97 bits per heavy atom. The Labute approximate surface area is 196 Å². The van der Waals surface area contributed by atoms with Crippen molar-refractivity contribution in [2.24, 2.45) is 7.05 Å². The summed E-state index contributed by atoms with van der Waals surface area (Å²) in [5, 5.41) is 9.70. The Morgan fingerprint density at radius 3 is 2.70 bits per heavy atom. The van der Waals surface area contributed by atoms with Gasteiger partial charge < -0.3 is 24.8 Å². The summed E-state index contributed by atoms with van der Waals surface area (Å²) in [5.74, 6) is 1.15. The number of halogens is 1. The molecule has 0 fully saturated rings. The minimum absolute atomic E-state index is 0.141. The van der Waals surface area contributed by atoms with Crippen molar-refractivity contribution in [2.45, 2.75) is 0 Å². The van der Waals surface area contributed by atoms with Gasteiger partial charge in [-0.15, -0.1) is 11.6 Å². The molecule has 0 aliphatic rings. The highest BCUT2D eigenvalue weighted by molar-refractivity contribution is 6.18. The smallest absolute Gasteiger partial charge is 0.407 e. The predicted octanol–water partition coefficient (Wildman–Crippen LogP) is 3.69. The van der Waals surface area contributed by atoms with Crippen LogP contribution in [0.4, 0.5) is 10.5 Å². The van der Waals surface area contributed by atoms with E-state index in [2.05, 4.69) is 15.7 Å². The van der Waals surface area contributed by atoms with Crippen LogP contribution in [0.1, 0.15) is 10.4 Å². The van der Waals surface area contributed by atoms with Crippen LogP contribution >= 0.6 is 11.6 Å². The van der Waals surface area contributed by atoms with E-state index in [1.54, 1.807) is 54.4 Å². The van der Waals surface area contributed by atoms with E-state index in [1.807, 2.05) is 19.2 Å². The zero-order valence-electron chi connectivity index (χ0n) is 18.3. The fraction of sp³-hybridized carbons (Fsp3) is 0.261. The summed E-state index contributed by atoms with van der Waals surface area (Å²) in [4.78, 5) is 24.2. The van der Waals surface area contributed by atoms with Gasteiger partial charge in [0, 0.05) is 30.1 Å². The lowest BCUT2D eigenvalue weighted by atomic mass is 10.1. The molecule has 2 amide bonds. The molecule has 0 saturated carbocycles. The molecule has 0 spiro atoms. The van der Waals surface area contributed by atoms with Crippen molar-refractivity contribution in [3.05, 3.63) is 60.3 Å². The number of benzene rings is 2. The summed E-state index contributed by atoms with van der Waals surface area (Å²) in [6.45, 7) is 0.610. The minimum atomic E-state index is -0.554. The monoisotopic (exact) mass is 472 g/mol. The molecule has 0 saturated heterocycles. The van der Waals surface area contributed by atoms with Gasteiger partial charge in [-0.3, -0.25) is 9.48 Å². The molecule has 3 aromatic rings. The summed E-state index contributed by atoms with van der Waals surface area (Å²) < 4.78 is 17.6. The van der Waals surface area contributed by atoms with Crippen LogP contribution in [0, 0.1) is 0 Å². The molecule has 1 aromatic heterocycles. The number of alkyl carbamates (subject to hydrolysis) is 1.